The lowest BCUT2D eigenvalue weighted by Crippen LogP contribution is -1.73. The van der Waals surface area contributed by atoms with Gasteiger partial charge in [0.15, 0.2) is 0 Å². The van der Waals surface area contributed by atoms with Crippen LogP contribution in [0.1, 0.15) is 23.6 Å². The van der Waals surface area contributed by atoms with Gasteiger partial charge in [-0.05, 0) is 42.3 Å². The van der Waals surface area contributed by atoms with Crippen LogP contribution in [0.5, 0.6) is 0 Å². The fourth-order valence-corrected chi connectivity index (χ4v) is 1.71. The molecule has 2 aromatic rings. The van der Waals surface area contributed by atoms with Crippen molar-refractivity contribution in [1.82, 2.24) is 0 Å². The van der Waals surface area contributed by atoms with Gasteiger partial charge in [-0.15, -0.1) is 5.92 Å². The lowest BCUT2D eigenvalue weighted by Gasteiger charge is -1.91. The number of hydrogen-bond donors (Lipinski definition) is 0. The maximum Gasteiger partial charge on any atom is 0.0245 e. The van der Waals surface area contributed by atoms with Crippen molar-refractivity contribution in [1.29, 1.82) is 0 Å². The molecule has 0 unspecified atom stereocenters. The minimum Gasteiger partial charge on any atom is -0.101 e. The molecule has 0 atom stereocenters. The molecule has 0 aliphatic heterocycles. The average Bonchev–Trinajstić information content (AvgIpc) is 2.50. The van der Waals surface area contributed by atoms with Gasteiger partial charge < -0.3 is 0 Å². The Labute approximate surface area is 130 Å². The quantitative estimate of drug-likeness (QED) is 0.613. The largest absolute Gasteiger partial charge is 0.101 e. The summed E-state index contributed by atoms with van der Waals surface area (Å²) < 4.78 is 1.10. The Bertz CT molecular complexity index is 608. The zero-order valence-corrected chi connectivity index (χ0v) is 13.2. The molecular weight excluding hydrogens is 308 g/mol. The van der Waals surface area contributed by atoms with Crippen molar-refractivity contribution in [2.45, 2.75) is 6.92 Å². The number of halogens is 1. The van der Waals surface area contributed by atoms with Gasteiger partial charge in [0, 0.05) is 10.0 Å². The van der Waals surface area contributed by atoms with Crippen LogP contribution >= 0.6 is 15.9 Å². The summed E-state index contributed by atoms with van der Waals surface area (Å²) in [5.41, 5.74) is 3.34. The van der Waals surface area contributed by atoms with E-state index in [9.17, 15) is 0 Å². The molecule has 0 aliphatic carbocycles. The first-order valence-corrected chi connectivity index (χ1v) is 7.02. The summed E-state index contributed by atoms with van der Waals surface area (Å²) in [4.78, 5) is 0. The van der Waals surface area contributed by atoms with E-state index >= 15 is 0 Å². The Hall–Kier alpha value is -2.04. The normalized spacial score (nSPS) is 8.50. The highest BCUT2D eigenvalue weighted by Crippen LogP contribution is 2.10. The van der Waals surface area contributed by atoms with Gasteiger partial charge in [0.05, 0.1) is 0 Å². The highest BCUT2D eigenvalue weighted by molar-refractivity contribution is 9.10. The van der Waals surface area contributed by atoms with Gasteiger partial charge >= 0.3 is 0 Å². The van der Waals surface area contributed by atoms with Gasteiger partial charge in [-0.1, -0.05) is 71.4 Å². The van der Waals surface area contributed by atoms with Crippen LogP contribution in [0, 0.1) is 11.8 Å². The van der Waals surface area contributed by atoms with Crippen molar-refractivity contribution < 1.29 is 0 Å². The molecule has 0 bridgehead atoms. The molecule has 0 fully saturated rings. The molecule has 2 rings (SSSR count). The molecule has 0 N–H and O–H groups in total. The molecule has 20 heavy (non-hydrogen) atoms. The molecule has 0 nitrogen and oxygen atoms in total. The van der Waals surface area contributed by atoms with E-state index < -0.39 is 0 Å². The van der Waals surface area contributed by atoms with E-state index in [4.69, 9.17) is 0 Å². The number of benzene rings is 2. The SMILES string of the molecule is C=Cc1ccc(Br)cc1.C=Cc1ccc(C#CC)cc1. The van der Waals surface area contributed by atoms with Crippen LogP contribution in [0.15, 0.2) is 66.2 Å². The molecule has 1 heteroatoms. The zero-order valence-electron chi connectivity index (χ0n) is 11.6. The molecule has 0 amide bonds. The maximum atomic E-state index is 3.67. The third kappa shape index (κ3) is 5.73. The first kappa shape index (κ1) is 16.0. The summed E-state index contributed by atoms with van der Waals surface area (Å²) >= 11 is 3.34. The predicted octanol–water partition coefficient (Wildman–Crippen LogP) is 5.79. The zero-order chi connectivity index (χ0) is 14.8. The topological polar surface area (TPSA) is 0 Å². The maximum absolute atomic E-state index is 3.67. The molecule has 100 valence electrons. The third-order valence-electron chi connectivity index (χ3n) is 2.52. The van der Waals surface area contributed by atoms with E-state index in [0.717, 1.165) is 21.2 Å². The van der Waals surface area contributed by atoms with Crippen molar-refractivity contribution in [2.24, 2.45) is 0 Å². The molecule has 2 aromatic carbocycles. The lowest BCUT2D eigenvalue weighted by atomic mass is 10.1. The second-order valence-corrected chi connectivity index (χ2v) is 4.87. The van der Waals surface area contributed by atoms with Crippen molar-refractivity contribution in [3.05, 3.63) is 82.9 Å². The molecule has 0 saturated carbocycles. The van der Waals surface area contributed by atoms with Gasteiger partial charge in [0.25, 0.3) is 0 Å². The minimum absolute atomic E-state index is 1.05. The molecular formula is C19H17Br. The standard InChI is InChI=1S/C11H10.C8H7Br/c1-3-5-11-8-6-10(4-2)7-9-11;1-2-7-3-5-8(9)6-4-7/h4,6-9H,2H2,1H3;2-6H,1H2. The van der Waals surface area contributed by atoms with Crippen molar-refractivity contribution in [3.63, 3.8) is 0 Å². The first-order valence-electron chi connectivity index (χ1n) is 6.23. The van der Waals surface area contributed by atoms with Crippen LogP contribution in [0.2, 0.25) is 0 Å². The Balaban J connectivity index is 0.000000204. The van der Waals surface area contributed by atoms with E-state index in [1.807, 2.05) is 67.6 Å². The molecule has 0 heterocycles. The molecule has 0 radical (unpaired) electrons. The van der Waals surface area contributed by atoms with Gasteiger partial charge in [-0.3, -0.25) is 0 Å². The Kier molecular flexibility index (Phi) is 7.17. The van der Waals surface area contributed by atoms with Crippen LogP contribution < -0.4 is 0 Å². The second kappa shape index (κ2) is 8.96. The van der Waals surface area contributed by atoms with Crippen LogP contribution in [-0.4, -0.2) is 0 Å². The van der Waals surface area contributed by atoms with E-state index in [2.05, 4.69) is 40.9 Å². The molecule has 0 aromatic heterocycles. The average molecular weight is 325 g/mol. The van der Waals surface area contributed by atoms with Gasteiger partial charge in [-0.2, -0.15) is 0 Å². The van der Waals surface area contributed by atoms with Gasteiger partial charge in [-0.25, -0.2) is 0 Å². The van der Waals surface area contributed by atoms with Crippen molar-refractivity contribution in [3.8, 4) is 11.8 Å². The number of rotatable bonds is 2. The Morgan fingerprint density at radius 2 is 1.30 bits per heavy atom. The van der Waals surface area contributed by atoms with Crippen LogP contribution in [0.25, 0.3) is 12.2 Å². The van der Waals surface area contributed by atoms with Crippen LogP contribution in [0.3, 0.4) is 0 Å². The van der Waals surface area contributed by atoms with E-state index in [1.54, 1.807) is 0 Å². The smallest absolute Gasteiger partial charge is 0.0245 e. The van der Waals surface area contributed by atoms with Crippen LogP contribution in [-0.2, 0) is 0 Å². The summed E-state index contributed by atoms with van der Waals surface area (Å²) in [5.74, 6) is 5.82. The van der Waals surface area contributed by atoms with E-state index in [-0.39, 0.29) is 0 Å². The molecule has 0 aliphatic rings. The highest BCUT2D eigenvalue weighted by Gasteiger charge is 1.85. The summed E-state index contributed by atoms with van der Waals surface area (Å²) in [7, 11) is 0. The Morgan fingerprint density at radius 1 is 0.850 bits per heavy atom. The third-order valence-corrected chi connectivity index (χ3v) is 3.05. The van der Waals surface area contributed by atoms with Crippen LogP contribution in [0.4, 0.5) is 0 Å². The van der Waals surface area contributed by atoms with Gasteiger partial charge in [0.2, 0.25) is 0 Å². The Morgan fingerprint density at radius 3 is 1.70 bits per heavy atom. The number of hydrogen-bond acceptors (Lipinski definition) is 0. The van der Waals surface area contributed by atoms with E-state index in [0.29, 0.717) is 0 Å². The predicted molar refractivity (Wildman–Crippen MR) is 93.3 cm³/mol. The van der Waals surface area contributed by atoms with Crippen molar-refractivity contribution >= 4 is 28.1 Å². The summed E-state index contributed by atoms with van der Waals surface area (Å²) in [5, 5.41) is 0. The summed E-state index contributed by atoms with van der Waals surface area (Å²) in [6.45, 7) is 9.15. The minimum atomic E-state index is 1.05. The second-order valence-electron chi connectivity index (χ2n) is 3.96. The highest BCUT2D eigenvalue weighted by atomic mass is 79.9. The van der Waals surface area contributed by atoms with Crippen molar-refractivity contribution in [2.75, 3.05) is 0 Å². The monoisotopic (exact) mass is 324 g/mol. The lowest BCUT2D eigenvalue weighted by molar-refractivity contribution is 1.61. The summed E-state index contributed by atoms with van der Waals surface area (Å²) in [6.07, 6.45) is 3.65. The van der Waals surface area contributed by atoms with E-state index in [1.165, 1.54) is 0 Å². The molecule has 0 saturated heterocycles. The van der Waals surface area contributed by atoms with Gasteiger partial charge in [0.1, 0.15) is 0 Å². The molecule has 0 spiro atoms. The summed E-state index contributed by atoms with van der Waals surface area (Å²) in [6, 6.07) is 16.0. The first-order chi connectivity index (χ1) is 9.69. The fourth-order valence-electron chi connectivity index (χ4n) is 1.45. The fraction of sp³-hybridized carbons (Fsp3) is 0.0526.